The van der Waals surface area contributed by atoms with Crippen LogP contribution in [-0.2, 0) is 9.59 Å². The number of benzene rings is 2. The number of nitrogens with zero attached hydrogens (tertiary/aromatic N) is 2. The zero-order valence-corrected chi connectivity index (χ0v) is 16.0. The molecule has 0 aliphatic carbocycles. The van der Waals surface area contributed by atoms with E-state index in [2.05, 4.69) is 10.5 Å². The lowest BCUT2D eigenvalue weighted by Crippen LogP contribution is -2.25. The number of carbonyl (C=O) groups excluding carboxylic acids is 2. The highest BCUT2D eigenvalue weighted by atomic mass is 16.5. The van der Waals surface area contributed by atoms with Crippen LogP contribution in [-0.4, -0.2) is 37.8 Å². The summed E-state index contributed by atoms with van der Waals surface area (Å²) in [6, 6.07) is 14.7. The average molecular weight is 381 g/mol. The summed E-state index contributed by atoms with van der Waals surface area (Å²) in [5.74, 6) is 0.837. The Morgan fingerprint density at radius 3 is 2.50 bits per heavy atom. The molecule has 0 bridgehead atoms. The summed E-state index contributed by atoms with van der Waals surface area (Å²) in [6.07, 6.45) is 1.50. The normalized spacial score (nSPS) is 14.1. The number of hydrogen-bond donors (Lipinski definition) is 1. The van der Waals surface area contributed by atoms with Gasteiger partial charge in [0.25, 0.3) is 5.91 Å². The molecule has 7 nitrogen and oxygen atoms in total. The topological polar surface area (TPSA) is 80.2 Å². The van der Waals surface area contributed by atoms with Crippen molar-refractivity contribution in [1.29, 1.82) is 0 Å². The zero-order chi connectivity index (χ0) is 19.9. The number of hydrogen-bond acceptors (Lipinski definition) is 5. The second-order valence-corrected chi connectivity index (χ2v) is 6.37. The Kier molecular flexibility index (Phi) is 6.26. The van der Waals surface area contributed by atoms with Crippen LogP contribution in [0.3, 0.4) is 0 Å². The molecule has 0 atom stereocenters. The van der Waals surface area contributed by atoms with E-state index in [1.54, 1.807) is 37.1 Å². The van der Waals surface area contributed by atoms with Gasteiger partial charge in [0.05, 0.1) is 12.8 Å². The Morgan fingerprint density at radius 2 is 1.86 bits per heavy atom. The van der Waals surface area contributed by atoms with Gasteiger partial charge in [0.2, 0.25) is 5.91 Å². The second kappa shape index (κ2) is 9.03. The smallest absolute Gasteiger partial charge is 0.277 e. The highest BCUT2D eigenvalue weighted by Gasteiger charge is 2.21. The molecule has 28 heavy (non-hydrogen) atoms. The quantitative estimate of drug-likeness (QED) is 0.591. The average Bonchev–Trinajstić information content (AvgIpc) is 3.16. The summed E-state index contributed by atoms with van der Waals surface area (Å²) in [5, 5.41) is 4.12. The van der Waals surface area contributed by atoms with Crippen LogP contribution < -0.4 is 19.8 Å². The monoisotopic (exact) mass is 381 g/mol. The lowest BCUT2D eigenvalue weighted by Gasteiger charge is -2.15. The van der Waals surface area contributed by atoms with Crippen LogP contribution in [0.15, 0.2) is 53.6 Å². The number of anilines is 1. The Morgan fingerprint density at radius 1 is 1.14 bits per heavy atom. The minimum Gasteiger partial charge on any atom is -0.493 e. The van der Waals surface area contributed by atoms with Crippen LogP contribution in [0.25, 0.3) is 0 Å². The van der Waals surface area contributed by atoms with Gasteiger partial charge in [-0.1, -0.05) is 24.3 Å². The summed E-state index contributed by atoms with van der Waals surface area (Å²) in [5.41, 5.74) is 4.89. The predicted octanol–water partition coefficient (Wildman–Crippen LogP) is 2.74. The van der Waals surface area contributed by atoms with Gasteiger partial charge in [0.1, 0.15) is 0 Å². The molecule has 7 heteroatoms. The molecule has 1 saturated heterocycles. The van der Waals surface area contributed by atoms with Gasteiger partial charge in [-0.2, -0.15) is 5.10 Å². The maximum Gasteiger partial charge on any atom is 0.277 e. The Hall–Kier alpha value is -3.35. The van der Waals surface area contributed by atoms with Crippen molar-refractivity contribution in [1.82, 2.24) is 5.43 Å². The van der Waals surface area contributed by atoms with E-state index in [0.717, 1.165) is 24.2 Å². The molecule has 0 saturated carbocycles. The molecule has 1 fully saturated rings. The third-order valence-corrected chi connectivity index (χ3v) is 4.45. The molecule has 1 N–H and O–H groups in total. The summed E-state index contributed by atoms with van der Waals surface area (Å²) in [7, 11) is 1.54. The van der Waals surface area contributed by atoms with Crippen LogP contribution >= 0.6 is 0 Å². The standard InChI is InChI=1S/C21H23N3O4/c1-15(16-9-11-17(12-10-16)24-13-5-8-21(24)26)22-23-20(25)14-28-19-7-4-3-6-18(19)27-2/h3-4,6-7,9-12H,5,8,13-14H2,1-2H3,(H,23,25)/b22-15-. The maximum absolute atomic E-state index is 12.0. The minimum atomic E-state index is -0.371. The van der Waals surface area contributed by atoms with E-state index in [4.69, 9.17) is 9.47 Å². The largest absolute Gasteiger partial charge is 0.493 e. The first-order valence-electron chi connectivity index (χ1n) is 9.08. The third-order valence-electron chi connectivity index (χ3n) is 4.45. The Balaban J connectivity index is 1.54. The lowest BCUT2D eigenvalue weighted by atomic mass is 10.1. The number of para-hydroxylation sites is 2. The van der Waals surface area contributed by atoms with Crippen molar-refractivity contribution in [3.63, 3.8) is 0 Å². The molecule has 2 amide bonds. The summed E-state index contributed by atoms with van der Waals surface area (Å²) < 4.78 is 10.6. The number of methoxy groups -OCH3 is 1. The van der Waals surface area contributed by atoms with E-state index in [9.17, 15) is 9.59 Å². The first kappa shape index (κ1) is 19.4. The maximum atomic E-state index is 12.0. The number of carbonyl (C=O) groups is 2. The first-order valence-corrected chi connectivity index (χ1v) is 9.08. The molecule has 0 aromatic heterocycles. The van der Waals surface area contributed by atoms with E-state index in [-0.39, 0.29) is 18.4 Å². The molecule has 2 aromatic rings. The van der Waals surface area contributed by atoms with Gasteiger partial charge in [-0.25, -0.2) is 5.43 Å². The van der Waals surface area contributed by atoms with Gasteiger partial charge in [-0.3, -0.25) is 9.59 Å². The Labute approximate surface area is 163 Å². The van der Waals surface area contributed by atoms with Gasteiger partial charge in [0.15, 0.2) is 18.1 Å². The summed E-state index contributed by atoms with van der Waals surface area (Å²) >= 11 is 0. The van der Waals surface area contributed by atoms with Crippen molar-refractivity contribution in [3.8, 4) is 11.5 Å². The van der Waals surface area contributed by atoms with Gasteiger partial charge in [-0.15, -0.1) is 0 Å². The van der Waals surface area contributed by atoms with Crippen molar-refractivity contribution >= 4 is 23.2 Å². The van der Waals surface area contributed by atoms with Crippen molar-refractivity contribution in [2.75, 3.05) is 25.2 Å². The summed E-state index contributed by atoms with van der Waals surface area (Å²) in [6.45, 7) is 2.39. The van der Waals surface area contributed by atoms with Crippen LogP contribution in [0, 0.1) is 0 Å². The number of ether oxygens (including phenoxy) is 2. The predicted molar refractivity (Wildman–Crippen MR) is 107 cm³/mol. The van der Waals surface area contributed by atoms with E-state index in [0.29, 0.717) is 23.6 Å². The highest BCUT2D eigenvalue weighted by molar-refractivity contribution is 6.00. The van der Waals surface area contributed by atoms with Crippen LogP contribution in [0.5, 0.6) is 11.5 Å². The number of amides is 2. The molecular formula is C21H23N3O4. The van der Waals surface area contributed by atoms with E-state index < -0.39 is 0 Å². The molecule has 0 spiro atoms. The molecular weight excluding hydrogens is 358 g/mol. The fourth-order valence-corrected chi connectivity index (χ4v) is 2.93. The molecule has 0 unspecified atom stereocenters. The van der Waals surface area contributed by atoms with Crippen molar-refractivity contribution < 1.29 is 19.1 Å². The Bertz CT molecular complexity index is 877. The number of nitrogens with one attached hydrogen (secondary N) is 1. The molecule has 1 aliphatic rings. The fraction of sp³-hybridized carbons (Fsp3) is 0.286. The number of rotatable bonds is 7. The fourth-order valence-electron chi connectivity index (χ4n) is 2.93. The van der Waals surface area contributed by atoms with Crippen molar-refractivity contribution in [2.24, 2.45) is 5.10 Å². The SMILES string of the molecule is COc1ccccc1OCC(=O)N/N=C(/C)c1ccc(N2CCCC2=O)cc1. The molecule has 1 aliphatic heterocycles. The molecule has 146 valence electrons. The molecule has 2 aromatic carbocycles. The van der Waals surface area contributed by atoms with Gasteiger partial charge in [-0.05, 0) is 43.2 Å². The number of hydrazone groups is 1. The molecule has 3 rings (SSSR count). The van der Waals surface area contributed by atoms with Crippen molar-refractivity contribution in [2.45, 2.75) is 19.8 Å². The highest BCUT2D eigenvalue weighted by Crippen LogP contribution is 2.25. The molecule has 0 radical (unpaired) electrons. The van der Waals surface area contributed by atoms with Gasteiger partial charge < -0.3 is 14.4 Å². The lowest BCUT2D eigenvalue weighted by molar-refractivity contribution is -0.123. The van der Waals surface area contributed by atoms with E-state index in [1.165, 1.54) is 0 Å². The zero-order valence-electron chi connectivity index (χ0n) is 16.0. The summed E-state index contributed by atoms with van der Waals surface area (Å²) in [4.78, 5) is 25.6. The second-order valence-electron chi connectivity index (χ2n) is 6.37. The third kappa shape index (κ3) is 4.68. The van der Waals surface area contributed by atoms with Crippen LogP contribution in [0.4, 0.5) is 5.69 Å². The van der Waals surface area contributed by atoms with Crippen molar-refractivity contribution in [3.05, 3.63) is 54.1 Å². The van der Waals surface area contributed by atoms with Gasteiger partial charge >= 0.3 is 0 Å². The first-order chi connectivity index (χ1) is 13.6. The van der Waals surface area contributed by atoms with Crippen LogP contribution in [0.2, 0.25) is 0 Å². The van der Waals surface area contributed by atoms with Crippen LogP contribution in [0.1, 0.15) is 25.3 Å². The molecule has 1 heterocycles. The van der Waals surface area contributed by atoms with E-state index >= 15 is 0 Å². The minimum absolute atomic E-state index is 0.153. The van der Waals surface area contributed by atoms with E-state index in [1.807, 2.05) is 30.3 Å². The van der Waals surface area contributed by atoms with Gasteiger partial charge in [0, 0.05) is 18.7 Å².